The monoisotopic (exact) mass is 385 g/mol. The van der Waals surface area contributed by atoms with E-state index in [-0.39, 0.29) is 15.9 Å². The maximum Gasteiger partial charge on any atom is 0.419 e. The molecule has 3 rings (SSSR count). The summed E-state index contributed by atoms with van der Waals surface area (Å²) in [5.74, 6) is -1.35. The van der Waals surface area contributed by atoms with Crippen LogP contribution in [0.4, 0.5) is 18.0 Å². The van der Waals surface area contributed by atoms with Gasteiger partial charge < -0.3 is 5.11 Å². The highest BCUT2D eigenvalue weighted by atomic mass is 32.2. The third-order valence-electron chi connectivity index (χ3n) is 4.85. The van der Waals surface area contributed by atoms with Gasteiger partial charge in [-0.25, -0.2) is 0 Å². The van der Waals surface area contributed by atoms with Crippen molar-refractivity contribution in [2.45, 2.75) is 38.8 Å². The predicted molar refractivity (Wildman–Crippen MR) is 92.4 cm³/mol. The molecule has 0 unspecified atom stereocenters. The van der Waals surface area contributed by atoms with Crippen molar-refractivity contribution < 1.29 is 27.9 Å². The lowest BCUT2D eigenvalue weighted by Gasteiger charge is -2.27. The number of rotatable bonds is 3. The molecule has 2 amide bonds. The van der Waals surface area contributed by atoms with Gasteiger partial charge in [-0.3, -0.25) is 14.5 Å². The van der Waals surface area contributed by atoms with E-state index >= 15 is 0 Å². The Morgan fingerprint density at radius 1 is 1.27 bits per heavy atom. The number of imide groups is 1. The molecule has 0 atom stereocenters. The number of amides is 2. The summed E-state index contributed by atoms with van der Waals surface area (Å²) in [7, 11) is 0. The Hall–Kier alpha value is -1.96. The molecule has 0 spiro atoms. The number of nitrogens with zero attached hydrogens (tertiary/aromatic N) is 1. The van der Waals surface area contributed by atoms with Gasteiger partial charge >= 0.3 is 6.18 Å². The molecule has 1 aromatic carbocycles. The van der Waals surface area contributed by atoms with E-state index in [2.05, 4.69) is 0 Å². The number of halogens is 3. The summed E-state index contributed by atoms with van der Waals surface area (Å²) >= 11 is 0.731. The van der Waals surface area contributed by atoms with Crippen LogP contribution < -0.4 is 0 Å². The zero-order chi connectivity index (χ0) is 19.1. The first-order valence-corrected chi connectivity index (χ1v) is 9.06. The second-order valence-electron chi connectivity index (χ2n) is 7.06. The van der Waals surface area contributed by atoms with E-state index in [4.69, 9.17) is 0 Å². The second kappa shape index (κ2) is 6.64. The number of carbonyl (C=O) groups excluding carboxylic acids is 2. The van der Waals surface area contributed by atoms with Crippen molar-refractivity contribution in [2.24, 2.45) is 5.41 Å². The number of aromatic hydroxyl groups is 1. The molecule has 2 aliphatic rings. The van der Waals surface area contributed by atoms with Crippen LogP contribution in [-0.4, -0.2) is 27.7 Å². The molecule has 1 N–H and O–H groups in total. The van der Waals surface area contributed by atoms with Gasteiger partial charge in [0.1, 0.15) is 5.75 Å². The number of hydrogen-bond acceptors (Lipinski definition) is 4. The molecular formula is C18H18F3NO3S. The number of phenolic OH excluding ortho intramolecular Hbond substituents is 1. The Balaban J connectivity index is 1.84. The van der Waals surface area contributed by atoms with Crippen molar-refractivity contribution in [2.75, 3.05) is 6.54 Å². The van der Waals surface area contributed by atoms with E-state index in [9.17, 15) is 27.9 Å². The fourth-order valence-corrected chi connectivity index (χ4v) is 4.26. The predicted octanol–water partition coefficient (Wildman–Crippen LogP) is 5.03. The minimum Gasteiger partial charge on any atom is -0.507 e. The van der Waals surface area contributed by atoms with Crippen LogP contribution >= 0.6 is 11.8 Å². The molecule has 1 saturated carbocycles. The maximum atomic E-state index is 12.9. The molecular weight excluding hydrogens is 367 g/mol. The zero-order valence-electron chi connectivity index (χ0n) is 14.1. The van der Waals surface area contributed by atoms with E-state index in [1.807, 2.05) is 6.92 Å². The van der Waals surface area contributed by atoms with E-state index in [0.29, 0.717) is 6.54 Å². The summed E-state index contributed by atoms with van der Waals surface area (Å²) in [6.45, 7) is 2.38. The first-order chi connectivity index (χ1) is 12.1. The number of hydrogen-bond donors (Lipinski definition) is 1. The van der Waals surface area contributed by atoms with E-state index < -0.39 is 28.6 Å². The van der Waals surface area contributed by atoms with Crippen molar-refractivity contribution >= 4 is 29.0 Å². The molecule has 0 bridgehead atoms. The largest absolute Gasteiger partial charge is 0.507 e. The lowest BCUT2D eigenvalue weighted by molar-refractivity contribution is -0.138. The molecule has 1 heterocycles. The Labute approximate surface area is 153 Å². The van der Waals surface area contributed by atoms with Gasteiger partial charge in [-0.15, -0.1) is 0 Å². The number of benzene rings is 1. The van der Waals surface area contributed by atoms with Gasteiger partial charge in [0, 0.05) is 6.54 Å². The molecule has 1 aromatic rings. The summed E-state index contributed by atoms with van der Waals surface area (Å²) in [4.78, 5) is 26.0. The van der Waals surface area contributed by atoms with Crippen LogP contribution in [0, 0.1) is 5.41 Å². The molecule has 1 aliphatic heterocycles. The van der Waals surface area contributed by atoms with Crippen LogP contribution in [0.5, 0.6) is 5.75 Å². The van der Waals surface area contributed by atoms with Crippen LogP contribution in [0.25, 0.3) is 6.08 Å². The third kappa shape index (κ3) is 3.75. The number of alkyl halides is 3. The quantitative estimate of drug-likeness (QED) is 0.742. The number of thioether (sulfide) groups is 1. The number of carbonyl (C=O) groups is 2. The van der Waals surface area contributed by atoms with Gasteiger partial charge in [0.2, 0.25) is 0 Å². The molecule has 8 heteroatoms. The fraction of sp³-hybridized carbons (Fsp3) is 0.444. The lowest BCUT2D eigenvalue weighted by Crippen LogP contribution is -2.37. The highest BCUT2D eigenvalue weighted by Gasteiger charge is 2.41. The van der Waals surface area contributed by atoms with E-state index in [1.54, 1.807) is 0 Å². The first-order valence-electron chi connectivity index (χ1n) is 8.25. The minimum atomic E-state index is -4.70. The second-order valence-corrected chi connectivity index (χ2v) is 8.05. The Bertz CT molecular complexity index is 782. The van der Waals surface area contributed by atoms with Crippen molar-refractivity contribution in [3.05, 3.63) is 34.2 Å². The van der Waals surface area contributed by atoms with Crippen LogP contribution in [0.2, 0.25) is 0 Å². The van der Waals surface area contributed by atoms with Gasteiger partial charge in [0.05, 0.1) is 10.5 Å². The summed E-state index contributed by atoms with van der Waals surface area (Å²) in [5, 5.41) is 8.98. The summed E-state index contributed by atoms with van der Waals surface area (Å²) in [5.41, 5.74) is -1.17. The van der Waals surface area contributed by atoms with E-state index in [1.165, 1.54) is 17.0 Å². The van der Waals surface area contributed by atoms with Crippen molar-refractivity contribution in [1.29, 1.82) is 0 Å². The normalized spacial score (nSPS) is 21.8. The van der Waals surface area contributed by atoms with Crippen LogP contribution in [0.15, 0.2) is 23.1 Å². The Morgan fingerprint density at radius 3 is 2.54 bits per heavy atom. The van der Waals surface area contributed by atoms with E-state index in [0.717, 1.165) is 49.6 Å². The highest BCUT2D eigenvalue weighted by molar-refractivity contribution is 8.18. The smallest absolute Gasteiger partial charge is 0.419 e. The lowest BCUT2D eigenvalue weighted by atomic mass is 9.88. The Morgan fingerprint density at radius 2 is 1.92 bits per heavy atom. The van der Waals surface area contributed by atoms with Gasteiger partial charge in [-0.2, -0.15) is 13.2 Å². The maximum absolute atomic E-state index is 12.9. The minimum absolute atomic E-state index is 0.0930. The topological polar surface area (TPSA) is 57.6 Å². The first kappa shape index (κ1) is 18.8. The van der Waals surface area contributed by atoms with Crippen LogP contribution in [0.1, 0.15) is 43.7 Å². The van der Waals surface area contributed by atoms with Gasteiger partial charge in [0.15, 0.2) is 0 Å². The SMILES string of the molecule is CC1(CN2C(=O)S/C(=C\c3ccc(O)c(C(F)(F)F)c3)C2=O)CCCC1. The van der Waals surface area contributed by atoms with Crippen LogP contribution in [-0.2, 0) is 11.0 Å². The van der Waals surface area contributed by atoms with Gasteiger partial charge in [-0.05, 0) is 53.8 Å². The van der Waals surface area contributed by atoms with Gasteiger partial charge in [-0.1, -0.05) is 25.8 Å². The third-order valence-corrected chi connectivity index (χ3v) is 5.76. The molecule has 2 fully saturated rings. The van der Waals surface area contributed by atoms with Crippen molar-refractivity contribution in [1.82, 2.24) is 4.90 Å². The summed E-state index contributed by atoms with van der Waals surface area (Å²) in [6.07, 6.45) is 0.578. The molecule has 1 aliphatic carbocycles. The van der Waals surface area contributed by atoms with Crippen molar-refractivity contribution in [3.8, 4) is 5.75 Å². The molecule has 4 nitrogen and oxygen atoms in total. The van der Waals surface area contributed by atoms with Crippen molar-refractivity contribution in [3.63, 3.8) is 0 Å². The summed E-state index contributed by atoms with van der Waals surface area (Å²) in [6, 6.07) is 2.97. The number of phenols is 1. The molecule has 0 aromatic heterocycles. The Kier molecular flexibility index (Phi) is 4.81. The average Bonchev–Trinajstić information content (AvgIpc) is 3.08. The van der Waals surface area contributed by atoms with Crippen LogP contribution in [0.3, 0.4) is 0 Å². The average molecular weight is 385 g/mol. The fourth-order valence-electron chi connectivity index (χ4n) is 3.43. The summed E-state index contributed by atoms with van der Waals surface area (Å²) < 4.78 is 38.7. The standard InChI is InChI=1S/C18H18F3NO3S/c1-17(6-2-3-7-17)10-22-15(24)14(26-16(22)25)9-11-4-5-13(23)12(8-11)18(19,20)21/h4-5,8-9,23H,2-3,6-7,10H2,1H3/b14-9-. The molecule has 0 radical (unpaired) electrons. The highest BCUT2D eigenvalue weighted by Crippen LogP contribution is 2.42. The molecule has 26 heavy (non-hydrogen) atoms. The zero-order valence-corrected chi connectivity index (χ0v) is 14.9. The van der Waals surface area contributed by atoms with Gasteiger partial charge in [0.25, 0.3) is 11.1 Å². The molecule has 1 saturated heterocycles. The molecule has 140 valence electrons.